The number of aromatic nitrogens is 4. The maximum atomic E-state index is 13.2. The third-order valence-electron chi connectivity index (χ3n) is 4.83. The predicted molar refractivity (Wildman–Crippen MR) is 127 cm³/mol. The molecule has 0 atom stereocenters. The lowest BCUT2D eigenvalue weighted by molar-refractivity contribution is 0.628. The number of para-hydroxylation sites is 1. The average molecular weight is 463 g/mol. The van der Waals surface area contributed by atoms with Gasteiger partial charge in [0.25, 0.3) is 0 Å². The highest BCUT2D eigenvalue weighted by Crippen LogP contribution is 2.25. The van der Waals surface area contributed by atoms with Crippen LogP contribution in [-0.4, -0.2) is 25.7 Å². The van der Waals surface area contributed by atoms with Crippen LogP contribution in [0.5, 0.6) is 0 Å². The quantitative estimate of drug-likeness (QED) is 0.253. The smallest absolute Gasteiger partial charge is 0.203 e. The molecule has 0 saturated carbocycles. The van der Waals surface area contributed by atoms with Crippen molar-refractivity contribution in [3.8, 4) is 11.3 Å². The Hall–Kier alpha value is -3.62. The highest BCUT2D eigenvalue weighted by atomic mass is 35.5. The summed E-state index contributed by atoms with van der Waals surface area (Å²) < 4.78 is 15.0. The molecular weight excluding hydrogens is 447 g/mol. The first-order valence-corrected chi connectivity index (χ1v) is 11.0. The Morgan fingerprint density at radius 1 is 1.03 bits per heavy atom. The number of hydrogen-bond donors (Lipinski definition) is 1. The molecule has 3 aromatic carbocycles. The number of thiazole rings is 1. The van der Waals surface area contributed by atoms with Crippen molar-refractivity contribution in [1.29, 1.82) is 0 Å². The summed E-state index contributed by atoms with van der Waals surface area (Å²) in [6, 6.07) is 21.5. The Balaban J connectivity index is 1.44. The van der Waals surface area contributed by atoms with Crippen molar-refractivity contribution in [1.82, 2.24) is 20.0 Å². The van der Waals surface area contributed by atoms with Gasteiger partial charge in [0, 0.05) is 16.0 Å². The van der Waals surface area contributed by atoms with Crippen molar-refractivity contribution in [3.63, 3.8) is 0 Å². The standard InChI is InChI=1S/C23H16ClFN6S/c24-17-9-5-15(6-10-17)20(13-31-22-4-2-1-3-19(22)28-30-31)27-29-23-26-21(14-32-23)16-7-11-18(25)12-8-16/h1-12,14H,13H2,(H,26,29)/b27-20-. The van der Waals surface area contributed by atoms with Gasteiger partial charge in [-0.15, -0.1) is 16.4 Å². The zero-order chi connectivity index (χ0) is 21.9. The number of nitrogens with one attached hydrogen (secondary N) is 1. The van der Waals surface area contributed by atoms with E-state index in [1.54, 1.807) is 16.8 Å². The van der Waals surface area contributed by atoms with Crippen LogP contribution >= 0.6 is 22.9 Å². The second kappa shape index (κ2) is 8.86. The van der Waals surface area contributed by atoms with Gasteiger partial charge in [0.15, 0.2) is 0 Å². The van der Waals surface area contributed by atoms with Gasteiger partial charge in [0.2, 0.25) is 5.13 Å². The molecule has 9 heteroatoms. The van der Waals surface area contributed by atoms with E-state index < -0.39 is 0 Å². The molecule has 0 aliphatic carbocycles. The molecule has 0 amide bonds. The molecule has 0 bridgehead atoms. The Labute approximate surface area is 192 Å². The van der Waals surface area contributed by atoms with Crippen LogP contribution in [0.4, 0.5) is 9.52 Å². The predicted octanol–water partition coefficient (Wildman–Crippen LogP) is 5.86. The summed E-state index contributed by atoms with van der Waals surface area (Å²) in [5.41, 5.74) is 8.02. The first-order valence-electron chi connectivity index (χ1n) is 9.74. The van der Waals surface area contributed by atoms with E-state index in [0.717, 1.165) is 33.6 Å². The summed E-state index contributed by atoms with van der Waals surface area (Å²) in [4.78, 5) is 4.56. The fourth-order valence-corrected chi connectivity index (χ4v) is 3.99. The molecule has 32 heavy (non-hydrogen) atoms. The van der Waals surface area contributed by atoms with Crippen molar-refractivity contribution in [2.45, 2.75) is 6.54 Å². The van der Waals surface area contributed by atoms with E-state index in [1.165, 1.54) is 23.5 Å². The van der Waals surface area contributed by atoms with Crippen LogP contribution < -0.4 is 5.43 Å². The van der Waals surface area contributed by atoms with E-state index in [0.29, 0.717) is 16.7 Å². The summed E-state index contributed by atoms with van der Waals surface area (Å²) in [6.07, 6.45) is 0. The fraction of sp³-hybridized carbons (Fsp3) is 0.0435. The molecule has 0 unspecified atom stereocenters. The average Bonchev–Trinajstić information content (AvgIpc) is 3.45. The molecule has 0 radical (unpaired) electrons. The number of nitrogens with zero attached hydrogens (tertiary/aromatic N) is 5. The van der Waals surface area contributed by atoms with Gasteiger partial charge >= 0.3 is 0 Å². The minimum absolute atomic E-state index is 0.278. The maximum absolute atomic E-state index is 13.2. The first-order chi connectivity index (χ1) is 15.7. The minimum atomic E-state index is -0.278. The number of hydrogen-bond acceptors (Lipinski definition) is 6. The topological polar surface area (TPSA) is 68.0 Å². The Kier molecular flexibility index (Phi) is 5.62. The molecule has 1 N–H and O–H groups in total. The van der Waals surface area contributed by atoms with E-state index in [1.807, 2.05) is 53.9 Å². The SMILES string of the molecule is Fc1ccc(-c2csc(N/N=C(/Cn3nnc4ccccc43)c3ccc(Cl)cc3)n2)cc1. The van der Waals surface area contributed by atoms with Crippen LogP contribution in [0, 0.1) is 5.82 Å². The molecule has 6 nitrogen and oxygen atoms in total. The van der Waals surface area contributed by atoms with Gasteiger partial charge in [0.1, 0.15) is 11.3 Å². The largest absolute Gasteiger partial charge is 0.252 e. The summed E-state index contributed by atoms with van der Waals surface area (Å²) in [7, 11) is 0. The lowest BCUT2D eigenvalue weighted by Crippen LogP contribution is -2.15. The molecular formula is C23H16ClFN6S. The summed E-state index contributed by atoms with van der Waals surface area (Å²) in [6.45, 7) is 0.408. The van der Waals surface area contributed by atoms with Gasteiger partial charge < -0.3 is 0 Å². The van der Waals surface area contributed by atoms with Crippen LogP contribution in [0.3, 0.4) is 0 Å². The van der Waals surface area contributed by atoms with E-state index >= 15 is 0 Å². The molecule has 5 rings (SSSR count). The van der Waals surface area contributed by atoms with Crippen LogP contribution in [-0.2, 0) is 6.54 Å². The van der Waals surface area contributed by atoms with Crippen molar-refractivity contribution in [2.24, 2.45) is 5.10 Å². The van der Waals surface area contributed by atoms with Crippen molar-refractivity contribution in [3.05, 3.63) is 94.6 Å². The minimum Gasteiger partial charge on any atom is -0.252 e. The zero-order valence-electron chi connectivity index (χ0n) is 16.6. The number of benzene rings is 3. The van der Waals surface area contributed by atoms with Gasteiger partial charge in [-0.2, -0.15) is 5.10 Å². The number of halogens is 2. The van der Waals surface area contributed by atoms with Crippen LogP contribution in [0.2, 0.25) is 5.02 Å². The van der Waals surface area contributed by atoms with Crippen LogP contribution in [0.25, 0.3) is 22.3 Å². The lowest BCUT2D eigenvalue weighted by atomic mass is 10.1. The number of anilines is 1. The van der Waals surface area contributed by atoms with Crippen LogP contribution in [0.1, 0.15) is 5.56 Å². The maximum Gasteiger partial charge on any atom is 0.203 e. The third kappa shape index (κ3) is 4.37. The second-order valence-corrected chi connectivity index (χ2v) is 8.25. The van der Waals surface area contributed by atoms with E-state index in [-0.39, 0.29) is 5.82 Å². The summed E-state index contributed by atoms with van der Waals surface area (Å²) >= 11 is 7.49. The van der Waals surface area contributed by atoms with E-state index in [4.69, 9.17) is 11.6 Å². The molecule has 5 aromatic rings. The molecule has 0 aliphatic rings. The van der Waals surface area contributed by atoms with Crippen molar-refractivity contribution >= 4 is 44.8 Å². The molecule has 0 spiro atoms. The number of hydrazone groups is 1. The van der Waals surface area contributed by atoms with Gasteiger partial charge in [0.05, 0.1) is 23.5 Å². The second-order valence-electron chi connectivity index (χ2n) is 6.96. The van der Waals surface area contributed by atoms with E-state index in [2.05, 4.69) is 25.8 Å². The molecule has 0 aliphatic heterocycles. The number of rotatable bonds is 6. The monoisotopic (exact) mass is 462 g/mol. The summed E-state index contributed by atoms with van der Waals surface area (Å²) in [5.74, 6) is -0.278. The Morgan fingerprint density at radius 3 is 2.62 bits per heavy atom. The zero-order valence-corrected chi connectivity index (χ0v) is 18.2. The van der Waals surface area contributed by atoms with E-state index in [9.17, 15) is 4.39 Å². The van der Waals surface area contributed by atoms with Gasteiger partial charge in [-0.3, -0.25) is 5.43 Å². The lowest BCUT2D eigenvalue weighted by Gasteiger charge is -2.08. The molecule has 0 saturated heterocycles. The fourth-order valence-electron chi connectivity index (χ4n) is 3.20. The molecule has 2 aromatic heterocycles. The Bertz CT molecular complexity index is 1390. The summed E-state index contributed by atoms with van der Waals surface area (Å²) in [5, 5.41) is 16.3. The van der Waals surface area contributed by atoms with Crippen LogP contribution in [0.15, 0.2) is 83.3 Å². The molecule has 2 heterocycles. The third-order valence-corrected chi connectivity index (χ3v) is 5.83. The normalized spacial score (nSPS) is 11.8. The first kappa shape index (κ1) is 20.3. The molecule has 158 valence electrons. The van der Waals surface area contributed by atoms with Gasteiger partial charge in [-0.05, 0) is 54.1 Å². The molecule has 0 fully saturated rings. The Morgan fingerprint density at radius 2 is 1.81 bits per heavy atom. The van der Waals surface area contributed by atoms with Gasteiger partial charge in [-0.1, -0.05) is 41.1 Å². The number of fused-ring (bicyclic) bond motifs is 1. The van der Waals surface area contributed by atoms with Crippen molar-refractivity contribution in [2.75, 3.05) is 5.43 Å². The van der Waals surface area contributed by atoms with Gasteiger partial charge in [-0.25, -0.2) is 14.1 Å². The highest BCUT2D eigenvalue weighted by Gasteiger charge is 2.11. The van der Waals surface area contributed by atoms with Crippen molar-refractivity contribution < 1.29 is 4.39 Å². The highest BCUT2D eigenvalue weighted by molar-refractivity contribution is 7.14.